The van der Waals surface area contributed by atoms with Gasteiger partial charge in [0.1, 0.15) is 24.8 Å². The molecule has 14 nitrogen and oxygen atoms in total. The van der Waals surface area contributed by atoms with Gasteiger partial charge in [0.25, 0.3) is 0 Å². The van der Waals surface area contributed by atoms with E-state index in [1.165, 1.54) is 49.6 Å². The summed E-state index contributed by atoms with van der Waals surface area (Å²) >= 11 is 0. The van der Waals surface area contributed by atoms with Crippen LogP contribution in [-0.4, -0.2) is 81.0 Å². The number of pyridine rings is 2. The lowest BCUT2D eigenvalue weighted by Gasteiger charge is -2.23. The van der Waals surface area contributed by atoms with Crippen LogP contribution in [0.15, 0.2) is 146 Å². The topological polar surface area (TPSA) is 186 Å². The molecule has 0 radical (unpaired) electrons. The standard InChI is InChI=1S/C25H25F4N3O4S.C17H17ClFNO4S.C8H9F3N2/c1-32(15-19-11-21(14-30-13-19)25(27,28)29)37(34,35)17-22(12-20-9-5-6-10-23(20)26)31-24(33)36-16-18-7-3-2-4-8-18;18-25(22,23)12-15(10-14-8-4-5-9-16(14)19)20-17(21)24-11-13-6-2-1-3-7-13;1-12-3-6-2-7(5-13-4-6)8(9,10)11/h2-11,13-14,22H,12,15-17H2,1H3,(H,31,33);1-9,15H,10-12H2,(H,20,21);2,4-5,12H,3H2,1H3/t22-;15-;/m11./s1. The van der Waals surface area contributed by atoms with Crippen LogP contribution in [0.3, 0.4) is 0 Å². The highest BCUT2D eigenvalue weighted by Gasteiger charge is 2.33. The van der Waals surface area contributed by atoms with Crippen molar-refractivity contribution < 1.29 is 71.0 Å². The number of halogens is 9. The molecule has 0 aliphatic carbocycles. The molecule has 2 aromatic heterocycles. The SMILES string of the molecule is CN(Cc1cncc(C(F)(F)F)c1)S(=O)(=O)C[C@@H](Cc1ccccc1F)NC(=O)OCc1ccccc1.CNCc1cncc(C(F)(F)F)c1.O=C(N[C@H](Cc1ccccc1F)CS(=O)(=O)Cl)OCc1ccccc1. The van der Waals surface area contributed by atoms with Gasteiger partial charge in [-0.25, -0.2) is 39.5 Å². The zero-order chi connectivity index (χ0) is 55.2. The Kier molecular flexibility index (Phi) is 23.4. The number of sulfonamides is 1. The summed E-state index contributed by atoms with van der Waals surface area (Å²) in [6.07, 6.45) is -6.82. The second-order valence-corrected chi connectivity index (χ2v) is 21.3. The van der Waals surface area contributed by atoms with E-state index in [1.54, 1.807) is 73.8 Å². The number of nitrogens with one attached hydrogen (secondary N) is 3. The van der Waals surface area contributed by atoms with Gasteiger partial charge in [-0.2, -0.15) is 26.3 Å². The van der Waals surface area contributed by atoms with Crippen LogP contribution in [0.4, 0.5) is 44.7 Å². The molecule has 404 valence electrons. The molecule has 0 unspecified atom stereocenters. The molecule has 0 aliphatic heterocycles. The first kappa shape index (κ1) is 60.8. The Balaban J connectivity index is 0.000000274. The first-order chi connectivity index (χ1) is 35.3. The van der Waals surface area contributed by atoms with Crippen LogP contribution in [0.25, 0.3) is 0 Å². The molecule has 2 atom stereocenters. The van der Waals surface area contributed by atoms with Gasteiger partial charge in [0.05, 0.1) is 34.7 Å². The summed E-state index contributed by atoms with van der Waals surface area (Å²) in [7, 11) is 0.132. The van der Waals surface area contributed by atoms with E-state index < -0.39 is 90.0 Å². The number of rotatable bonds is 19. The van der Waals surface area contributed by atoms with Gasteiger partial charge in [0.15, 0.2) is 0 Å². The average molecular weight is 1120 g/mol. The first-order valence-electron chi connectivity index (χ1n) is 22.3. The molecule has 6 aromatic rings. The summed E-state index contributed by atoms with van der Waals surface area (Å²) < 4.78 is 163. The highest BCUT2D eigenvalue weighted by atomic mass is 35.7. The Bertz CT molecular complexity index is 2990. The molecule has 0 aliphatic rings. The second-order valence-electron chi connectivity index (χ2n) is 16.3. The molecule has 4 aromatic carbocycles. The van der Waals surface area contributed by atoms with Crippen LogP contribution < -0.4 is 16.0 Å². The minimum Gasteiger partial charge on any atom is -0.445 e. The fraction of sp³-hybridized carbons (Fsp3) is 0.280. The number of nitrogens with zero attached hydrogens (tertiary/aromatic N) is 3. The van der Waals surface area contributed by atoms with Crippen molar-refractivity contribution >= 4 is 41.9 Å². The van der Waals surface area contributed by atoms with Crippen LogP contribution in [0.2, 0.25) is 0 Å². The Morgan fingerprint density at radius 3 is 1.41 bits per heavy atom. The minimum atomic E-state index is -4.63. The van der Waals surface area contributed by atoms with E-state index in [0.29, 0.717) is 23.9 Å². The van der Waals surface area contributed by atoms with Crippen LogP contribution >= 0.6 is 10.7 Å². The Morgan fingerprint density at radius 2 is 1.00 bits per heavy atom. The second kappa shape index (κ2) is 28.8. The van der Waals surface area contributed by atoms with Crippen LogP contribution in [-0.2, 0) is 80.0 Å². The smallest absolute Gasteiger partial charge is 0.417 e. The maximum Gasteiger partial charge on any atom is 0.417 e. The number of carbonyl (C=O) groups is 2. The quantitative estimate of drug-likeness (QED) is 0.0518. The van der Waals surface area contributed by atoms with E-state index >= 15 is 0 Å². The maximum atomic E-state index is 14.3. The van der Waals surface area contributed by atoms with Gasteiger partial charge < -0.3 is 25.4 Å². The average Bonchev–Trinajstić information content (AvgIpc) is 3.34. The molecule has 6 rings (SSSR count). The molecule has 0 spiro atoms. The third-order valence-corrected chi connectivity index (χ3v) is 13.3. The summed E-state index contributed by atoms with van der Waals surface area (Å²) in [5, 5.41) is 7.66. The molecule has 75 heavy (non-hydrogen) atoms. The molecule has 0 fully saturated rings. The molecule has 25 heteroatoms. The molecule has 0 saturated carbocycles. The van der Waals surface area contributed by atoms with Crippen molar-refractivity contribution in [3.8, 4) is 0 Å². The number of alkyl halides is 6. The highest BCUT2D eigenvalue weighted by Crippen LogP contribution is 2.30. The number of benzene rings is 4. The number of ether oxygens (including phenoxy) is 2. The lowest BCUT2D eigenvalue weighted by molar-refractivity contribution is -0.138. The third kappa shape index (κ3) is 22.7. The van der Waals surface area contributed by atoms with Crippen molar-refractivity contribution in [1.82, 2.24) is 30.2 Å². The fourth-order valence-corrected chi connectivity index (χ4v) is 9.12. The van der Waals surface area contributed by atoms with E-state index in [4.69, 9.17) is 20.2 Å². The molecular weight excluding hydrogens is 1060 g/mol. The summed E-state index contributed by atoms with van der Waals surface area (Å²) in [4.78, 5) is 31.4. The number of carbonyl (C=O) groups excluding carboxylic acids is 2. The predicted octanol–water partition coefficient (Wildman–Crippen LogP) is 9.59. The molecular formula is C50H51ClF8N6O8S2. The summed E-state index contributed by atoms with van der Waals surface area (Å²) in [5.41, 5.74) is 0.793. The number of alkyl carbamates (subject to hydrolysis) is 2. The van der Waals surface area contributed by atoms with Crippen molar-refractivity contribution in [3.63, 3.8) is 0 Å². The number of hydrogen-bond acceptors (Lipinski definition) is 11. The van der Waals surface area contributed by atoms with Crippen LogP contribution in [0.1, 0.15) is 44.5 Å². The highest BCUT2D eigenvalue weighted by molar-refractivity contribution is 8.13. The predicted molar refractivity (Wildman–Crippen MR) is 263 cm³/mol. The van der Waals surface area contributed by atoms with E-state index in [0.717, 1.165) is 34.4 Å². The molecule has 0 bridgehead atoms. The zero-order valence-electron chi connectivity index (χ0n) is 40.0. The summed E-state index contributed by atoms with van der Waals surface area (Å²) in [6.45, 7) is -0.0257. The minimum absolute atomic E-state index is 0.0287. The fourth-order valence-electron chi connectivity index (χ4n) is 6.67. The van der Waals surface area contributed by atoms with Crippen LogP contribution in [0.5, 0.6) is 0 Å². The van der Waals surface area contributed by atoms with Gasteiger partial charge >= 0.3 is 24.5 Å². The third-order valence-electron chi connectivity index (χ3n) is 10.2. The number of aromatic nitrogens is 2. The number of hydrogen-bond donors (Lipinski definition) is 3. The Labute approximate surface area is 432 Å². The van der Waals surface area contributed by atoms with E-state index in [2.05, 4.69) is 25.9 Å². The Hall–Kier alpha value is -6.73. The van der Waals surface area contributed by atoms with E-state index in [1.807, 2.05) is 6.07 Å². The zero-order valence-corrected chi connectivity index (χ0v) is 42.4. The maximum absolute atomic E-state index is 14.3. The van der Waals surface area contributed by atoms with Crippen molar-refractivity contribution in [2.75, 3.05) is 25.6 Å². The van der Waals surface area contributed by atoms with Gasteiger partial charge in [0, 0.05) is 55.6 Å². The van der Waals surface area contributed by atoms with Gasteiger partial charge in [0.2, 0.25) is 19.1 Å². The van der Waals surface area contributed by atoms with Gasteiger partial charge in [-0.3, -0.25) is 9.97 Å². The van der Waals surface area contributed by atoms with Gasteiger partial charge in [-0.05, 0) is 77.5 Å². The Morgan fingerprint density at radius 1 is 0.600 bits per heavy atom. The van der Waals surface area contributed by atoms with Crippen molar-refractivity contribution in [2.45, 2.75) is 63.6 Å². The first-order valence-corrected chi connectivity index (χ1v) is 26.3. The van der Waals surface area contributed by atoms with E-state index in [-0.39, 0.29) is 49.3 Å². The molecule has 3 N–H and O–H groups in total. The lowest BCUT2D eigenvalue weighted by atomic mass is 10.1. The lowest BCUT2D eigenvalue weighted by Crippen LogP contribution is -2.44. The molecule has 0 saturated heterocycles. The van der Waals surface area contributed by atoms with Crippen molar-refractivity contribution in [1.29, 1.82) is 0 Å². The van der Waals surface area contributed by atoms with Crippen molar-refractivity contribution in [2.24, 2.45) is 0 Å². The van der Waals surface area contributed by atoms with E-state index in [9.17, 15) is 61.5 Å². The summed E-state index contributed by atoms with van der Waals surface area (Å²) in [6, 6.07) is 29.4. The number of amides is 2. The van der Waals surface area contributed by atoms with Crippen molar-refractivity contribution in [3.05, 3.63) is 202 Å². The molecule has 2 heterocycles. The molecule has 2 amide bonds. The van der Waals surface area contributed by atoms with Crippen LogP contribution in [0, 0.1) is 11.6 Å². The normalized spacial score (nSPS) is 12.5. The van der Waals surface area contributed by atoms with Gasteiger partial charge in [-0.1, -0.05) is 97.1 Å². The largest absolute Gasteiger partial charge is 0.445 e. The monoisotopic (exact) mass is 1110 g/mol. The summed E-state index contributed by atoms with van der Waals surface area (Å²) in [5.74, 6) is -2.25. The van der Waals surface area contributed by atoms with Gasteiger partial charge in [-0.15, -0.1) is 0 Å².